The summed E-state index contributed by atoms with van der Waals surface area (Å²) in [5, 5.41) is 1.26. The maximum Gasteiger partial charge on any atom is 0.330 e. The van der Waals surface area contributed by atoms with E-state index in [0.717, 1.165) is 35.0 Å². The van der Waals surface area contributed by atoms with E-state index in [2.05, 4.69) is 92.0 Å². The molecule has 43 heavy (non-hydrogen) atoms. The molecule has 3 aromatic rings. The second kappa shape index (κ2) is 12.2. The number of aromatic nitrogens is 1. The van der Waals surface area contributed by atoms with Crippen molar-refractivity contribution in [3.05, 3.63) is 95.3 Å². The zero-order valence-corrected chi connectivity index (χ0v) is 27.4. The molecule has 3 atom stereocenters. The Kier molecular flexibility index (Phi) is 8.72. The van der Waals surface area contributed by atoms with Crippen LogP contribution >= 0.6 is 0 Å². The second-order valence-electron chi connectivity index (χ2n) is 13.1. The number of rotatable bonds is 9. The predicted molar refractivity (Wildman–Crippen MR) is 172 cm³/mol. The molecule has 0 saturated heterocycles. The van der Waals surface area contributed by atoms with Crippen LogP contribution in [0.3, 0.4) is 0 Å². The van der Waals surface area contributed by atoms with Crippen molar-refractivity contribution in [2.75, 3.05) is 20.8 Å². The second-order valence-corrected chi connectivity index (χ2v) is 17.9. The Labute approximate surface area is 256 Å². The third-order valence-corrected chi connectivity index (χ3v) is 14.1. The Morgan fingerprint density at radius 1 is 1.00 bits per heavy atom. The van der Waals surface area contributed by atoms with Gasteiger partial charge in [-0.15, -0.1) is 0 Å². The van der Waals surface area contributed by atoms with E-state index in [-0.39, 0.29) is 23.0 Å². The summed E-state index contributed by atoms with van der Waals surface area (Å²) in [5.41, 5.74) is 5.48. The van der Waals surface area contributed by atoms with Crippen LogP contribution in [-0.2, 0) is 36.5 Å². The number of allylic oxidation sites excluding steroid dienone is 2. The third kappa shape index (κ3) is 5.95. The molecule has 2 bridgehead atoms. The summed E-state index contributed by atoms with van der Waals surface area (Å²) in [4.78, 5) is 28.1. The van der Waals surface area contributed by atoms with E-state index in [9.17, 15) is 9.59 Å². The van der Waals surface area contributed by atoms with Gasteiger partial charge in [0, 0.05) is 47.9 Å². The molecule has 1 aromatic heterocycles. The van der Waals surface area contributed by atoms with Gasteiger partial charge in [-0.2, -0.15) is 0 Å². The van der Waals surface area contributed by atoms with Crippen LogP contribution in [0.4, 0.5) is 0 Å². The third-order valence-electron chi connectivity index (χ3n) is 9.54. The molecule has 2 aromatic carbocycles. The quantitative estimate of drug-likeness (QED) is 0.148. The number of benzene rings is 2. The number of fused-ring (bicyclic) bond motifs is 6. The van der Waals surface area contributed by atoms with Gasteiger partial charge in [0.05, 0.1) is 20.3 Å². The summed E-state index contributed by atoms with van der Waals surface area (Å²) in [7, 11) is 0.872. The van der Waals surface area contributed by atoms with Crippen molar-refractivity contribution >= 4 is 31.2 Å². The van der Waals surface area contributed by atoms with Crippen molar-refractivity contribution in [1.29, 1.82) is 0 Å². The van der Waals surface area contributed by atoms with Crippen LogP contribution in [0.15, 0.2) is 78.5 Å². The number of carbonyl (C=O) groups excluding carboxylic acids is 2. The molecule has 0 spiro atoms. The minimum atomic E-state index is -1.95. The van der Waals surface area contributed by atoms with E-state index < -0.39 is 20.3 Å². The van der Waals surface area contributed by atoms with Crippen molar-refractivity contribution in [1.82, 2.24) is 9.47 Å². The summed E-state index contributed by atoms with van der Waals surface area (Å²) in [6.07, 6.45) is 6.83. The lowest BCUT2D eigenvalue weighted by Crippen LogP contribution is -2.44. The van der Waals surface area contributed by atoms with E-state index in [1.165, 1.54) is 31.4 Å². The average Bonchev–Trinajstić information content (AvgIpc) is 3.31. The molecular formula is C35H44N2O5Si. The first-order chi connectivity index (χ1) is 20.5. The van der Waals surface area contributed by atoms with Gasteiger partial charge in [-0.05, 0) is 59.8 Å². The lowest BCUT2D eigenvalue weighted by atomic mass is 9.77. The predicted octanol–water partition coefficient (Wildman–Crippen LogP) is 7.11. The fraction of sp³-hybridized carbons (Fsp3) is 0.429. The fourth-order valence-electron chi connectivity index (χ4n) is 6.29. The van der Waals surface area contributed by atoms with Crippen LogP contribution in [0.1, 0.15) is 56.1 Å². The van der Waals surface area contributed by atoms with Gasteiger partial charge in [0.15, 0.2) is 8.32 Å². The summed E-state index contributed by atoms with van der Waals surface area (Å²) in [6.45, 7) is 12.7. The maximum absolute atomic E-state index is 13.6. The minimum Gasteiger partial charge on any atom is -0.467 e. The standard InChI is InChI=1S/C35H44N2O5Si/c1-35(2,3)43(6,7)42-20-19-27-26-15-11-12-16-29(26)37-32(27)30-21-28(33(37)34(39)41-5)25(17-18-31(38)40-4)23-36(30)22-24-13-9-8-10-14-24/h8-18,23,28,30,33H,19-22H2,1-7H3/b18-17+/t28-,30-,33+/m0/s1. The van der Waals surface area contributed by atoms with Gasteiger partial charge >= 0.3 is 11.9 Å². The molecule has 0 fully saturated rings. The van der Waals surface area contributed by atoms with E-state index in [1.807, 2.05) is 12.1 Å². The highest BCUT2D eigenvalue weighted by molar-refractivity contribution is 6.74. The monoisotopic (exact) mass is 600 g/mol. The molecule has 0 saturated carbocycles. The number of esters is 2. The first-order valence-corrected chi connectivity index (χ1v) is 18.0. The van der Waals surface area contributed by atoms with Crippen LogP contribution in [0, 0.1) is 5.92 Å². The first kappa shape index (κ1) is 30.8. The zero-order valence-electron chi connectivity index (χ0n) is 26.4. The van der Waals surface area contributed by atoms with E-state index in [0.29, 0.717) is 13.2 Å². The molecule has 0 aliphatic carbocycles. The molecule has 8 heteroatoms. The Hall–Kier alpha value is -3.62. The highest BCUT2D eigenvalue weighted by atomic mass is 28.4. The Morgan fingerprint density at radius 3 is 2.37 bits per heavy atom. The van der Waals surface area contributed by atoms with Crippen molar-refractivity contribution in [3.63, 3.8) is 0 Å². The topological polar surface area (TPSA) is 70.0 Å². The molecule has 0 unspecified atom stereocenters. The number of hydrogen-bond donors (Lipinski definition) is 0. The first-order valence-electron chi connectivity index (χ1n) is 15.1. The normalized spacial score (nSPS) is 20.2. The van der Waals surface area contributed by atoms with Gasteiger partial charge in [0.2, 0.25) is 0 Å². The Morgan fingerprint density at radius 2 is 1.70 bits per heavy atom. The SMILES string of the molecule is COC(=O)/C=C/C1=CN(Cc2ccccc2)[C@H]2C[C@@H]1[C@H](C(=O)OC)n1c2c(CCO[Si](C)(C)C(C)(C)C)c2ccccc21. The molecule has 7 nitrogen and oxygen atoms in total. The molecule has 0 N–H and O–H groups in total. The molecule has 228 valence electrons. The number of ether oxygens (including phenoxy) is 2. The lowest BCUT2D eigenvalue weighted by Gasteiger charge is -2.47. The van der Waals surface area contributed by atoms with Gasteiger partial charge < -0.3 is 23.4 Å². The summed E-state index contributed by atoms with van der Waals surface area (Å²) in [5.74, 6) is -0.896. The van der Waals surface area contributed by atoms with E-state index in [1.54, 1.807) is 6.08 Å². The van der Waals surface area contributed by atoms with Crippen molar-refractivity contribution in [3.8, 4) is 0 Å². The zero-order chi connectivity index (χ0) is 30.9. The van der Waals surface area contributed by atoms with E-state index in [4.69, 9.17) is 13.9 Å². The summed E-state index contributed by atoms with van der Waals surface area (Å²) in [6, 6.07) is 18.2. The van der Waals surface area contributed by atoms with Crippen LogP contribution in [0.2, 0.25) is 18.1 Å². The molecule has 3 heterocycles. The Bertz CT molecular complexity index is 1550. The van der Waals surface area contributed by atoms with Crippen LogP contribution in [0.5, 0.6) is 0 Å². The molecular weight excluding hydrogens is 556 g/mol. The van der Waals surface area contributed by atoms with Crippen LogP contribution in [-0.4, -0.2) is 50.5 Å². The van der Waals surface area contributed by atoms with Crippen molar-refractivity contribution in [2.45, 2.75) is 70.4 Å². The van der Waals surface area contributed by atoms with Crippen LogP contribution < -0.4 is 0 Å². The van der Waals surface area contributed by atoms with Crippen molar-refractivity contribution in [2.24, 2.45) is 5.92 Å². The molecule has 2 aliphatic rings. The van der Waals surface area contributed by atoms with Crippen LogP contribution in [0.25, 0.3) is 10.9 Å². The smallest absolute Gasteiger partial charge is 0.330 e. The highest BCUT2D eigenvalue weighted by Crippen LogP contribution is 2.52. The van der Waals surface area contributed by atoms with Gasteiger partial charge in [-0.1, -0.05) is 69.3 Å². The number of methoxy groups -OCH3 is 2. The van der Waals surface area contributed by atoms with Gasteiger partial charge in [0.1, 0.15) is 6.04 Å². The van der Waals surface area contributed by atoms with Gasteiger partial charge in [0.25, 0.3) is 0 Å². The van der Waals surface area contributed by atoms with Crippen molar-refractivity contribution < 1.29 is 23.5 Å². The average molecular weight is 601 g/mol. The molecule has 0 amide bonds. The fourth-order valence-corrected chi connectivity index (χ4v) is 7.33. The molecule has 2 aliphatic heterocycles. The number of para-hydroxylation sites is 1. The molecule has 0 radical (unpaired) electrons. The number of carbonyl (C=O) groups is 2. The Balaban J connectivity index is 1.66. The maximum atomic E-state index is 13.6. The highest BCUT2D eigenvalue weighted by Gasteiger charge is 2.47. The summed E-state index contributed by atoms with van der Waals surface area (Å²) >= 11 is 0. The van der Waals surface area contributed by atoms with Gasteiger partial charge in [-0.25, -0.2) is 9.59 Å². The molecule has 5 rings (SSSR count). The van der Waals surface area contributed by atoms with Gasteiger partial charge in [-0.3, -0.25) is 0 Å². The summed E-state index contributed by atoms with van der Waals surface area (Å²) < 4.78 is 19.2. The number of hydrogen-bond acceptors (Lipinski definition) is 6. The number of nitrogens with zero attached hydrogens (tertiary/aromatic N) is 2. The largest absolute Gasteiger partial charge is 0.467 e. The van der Waals surface area contributed by atoms with E-state index >= 15 is 0 Å². The lowest BCUT2D eigenvalue weighted by molar-refractivity contribution is -0.147. The minimum absolute atomic E-state index is 0.0247.